The van der Waals surface area contributed by atoms with Gasteiger partial charge >= 0.3 is 17.9 Å². The van der Waals surface area contributed by atoms with Gasteiger partial charge in [0.25, 0.3) is 0 Å². The van der Waals surface area contributed by atoms with Crippen LogP contribution >= 0.6 is 0 Å². The van der Waals surface area contributed by atoms with Crippen molar-refractivity contribution in [2.45, 2.75) is 457 Å². The topological polar surface area (TPSA) is 78.9 Å². The summed E-state index contributed by atoms with van der Waals surface area (Å²) in [5.41, 5.74) is 0. The second kappa shape index (κ2) is 71.9. The fourth-order valence-corrected chi connectivity index (χ4v) is 12.2. The fourth-order valence-electron chi connectivity index (χ4n) is 12.2. The Morgan fingerprint density at radius 2 is 0.329 bits per heavy atom. The average Bonchev–Trinajstić information content (AvgIpc) is 3.47. The second-order valence-corrected chi connectivity index (χ2v) is 26.3. The van der Waals surface area contributed by atoms with Gasteiger partial charge in [0.05, 0.1) is 0 Å². The highest BCUT2D eigenvalue weighted by molar-refractivity contribution is 5.71. The van der Waals surface area contributed by atoms with E-state index < -0.39 is 6.10 Å². The summed E-state index contributed by atoms with van der Waals surface area (Å²) in [6.45, 7) is 6.76. The number of hydrogen-bond acceptors (Lipinski definition) is 6. The minimum atomic E-state index is -0.764. The van der Waals surface area contributed by atoms with Gasteiger partial charge < -0.3 is 14.2 Å². The van der Waals surface area contributed by atoms with Crippen LogP contribution in [0.1, 0.15) is 451 Å². The van der Waals surface area contributed by atoms with Crippen LogP contribution in [0.2, 0.25) is 0 Å². The van der Waals surface area contributed by atoms with Gasteiger partial charge in [0.15, 0.2) is 6.10 Å². The molecule has 0 heterocycles. The Kier molecular flexibility index (Phi) is 70.5. The fraction of sp³-hybridized carbons (Fsp3) is 0.961. The molecule has 0 aromatic carbocycles. The number of esters is 3. The van der Waals surface area contributed by atoms with Crippen LogP contribution in [0.3, 0.4) is 0 Å². The number of rotatable bonds is 72. The molecule has 0 aliphatic heterocycles. The predicted molar refractivity (Wildman–Crippen MR) is 358 cm³/mol. The van der Waals surface area contributed by atoms with Gasteiger partial charge in [-0.25, -0.2) is 0 Å². The highest BCUT2D eigenvalue weighted by Gasteiger charge is 2.20. The Labute approximate surface area is 514 Å². The van der Waals surface area contributed by atoms with Gasteiger partial charge in [-0.15, -0.1) is 0 Å². The first kappa shape index (κ1) is 80.4. The molecule has 0 radical (unpaired) electrons. The lowest BCUT2D eigenvalue weighted by molar-refractivity contribution is -0.167. The molecule has 1 unspecified atom stereocenters. The first-order chi connectivity index (χ1) is 40.5. The maximum atomic E-state index is 13.0. The van der Waals surface area contributed by atoms with E-state index in [1.807, 2.05) is 0 Å². The third kappa shape index (κ3) is 69.2. The molecule has 0 bridgehead atoms. The van der Waals surface area contributed by atoms with Gasteiger partial charge in [-0.05, 0) is 19.3 Å². The lowest BCUT2D eigenvalue weighted by Crippen LogP contribution is -2.30. The summed E-state index contributed by atoms with van der Waals surface area (Å²) in [4.78, 5) is 38.5. The minimum absolute atomic E-state index is 0.0598. The molecule has 0 N–H and O–H groups in total. The third-order valence-electron chi connectivity index (χ3n) is 17.9. The first-order valence-corrected chi connectivity index (χ1v) is 38.0. The maximum Gasteiger partial charge on any atom is 0.306 e. The molecule has 0 saturated carbocycles. The Balaban J connectivity index is 4.21. The zero-order chi connectivity index (χ0) is 59.2. The van der Waals surface area contributed by atoms with Gasteiger partial charge in [0, 0.05) is 19.3 Å². The molecular weight excluding hydrogens is 1010 g/mol. The molecule has 0 amide bonds. The number of ether oxygens (including phenoxy) is 3. The molecule has 0 saturated heterocycles. The normalized spacial score (nSPS) is 11.9. The van der Waals surface area contributed by atoms with Crippen molar-refractivity contribution >= 4 is 17.9 Å². The van der Waals surface area contributed by atoms with Crippen molar-refractivity contribution in [3.8, 4) is 0 Å². The Bertz CT molecular complexity index is 1240. The monoisotopic (exact) mass is 1160 g/mol. The van der Waals surface area contributed by atoms with E-state index in [-0.39, 0.29) is 31.1 Å². The summed E-state index contributed by atoms with van der Waals surface area (Å²) in [5, 5.41) is 0. The molecule has 0 aromatic heterocycles. The SMILES string of the molecule is CCCCCCCCCCCCCCCCCCCCCCCCCCCCCC(=O)OCC(COC(=O)CCCCCCCCCCCCCCCCCCC)OC(=O)CCCCCCCCCCCCCCCCCCCCCC. The van der Waals surface area contributed by atoms with Crippen LogP contribution in [0.25, 0.3) is 0 Å². The summed E-state index contributed by atoms with van der Waals surface area (Å²) in [7, 11) is 0. The van der Waals surface area contributed by atoms with Crippen LogP contribution < -0.4 is 0 Å². The standard InChI is InChI=1S/C76H148O6/c1-4-7-10-13-16-19-22-25-28-31-33-35-36-37-38-39-40-41-43-45-48-51-54-57-60-63-66-69-75(78)81-72-73(71-80-74(77)68-65-62-59-56-53-50-47-44-30-27-24-21-18-15-12-9-6-3)82-76(79)70-67-64-61-58-55-52-49-46-42-34-32-29-26-23-20-17-14-11-8-5-2/h73H,4-72H2,1-3H3. The average molecular weight is 1160 g/mol. The predicted octanol–water partition coefficient (Wildman–Crippen LogP) is 26.2. The summed E-state index contributed by atoms with van der Waals surface area (Å²) >= 11 is 0. The maximum absolute atomic E-state index is 13.0. The minimum Gasteiger partial charge on any atom is -0.462 e. The molecule has 0 aliphatic carbocycles. The quantitative estimate of drug-likeness (QED) is 0.0343. The molecule has 1 atom stereocenters. The second-order valence-electron chi connectivity index (χ2n) is 26.3. The Hall–Kier alpha value is -1.59. The highest BCUT2D eigenvalue weighted by atomic mass is 16.6. The molecule has 6 nitrogen and oxygen atoms in total. The summed E-state index contributed by atoms with van der Waals surface area (Å²) < 4.78 is 17.1. The number of unbranched alkanes of at least 4 members (excludes halogenated alkanes) is 61. The van der Waals surface area contributed by atoms with Crippen LogP contribution in [0, 0.1) is 0 Å². The smallest absolute Gasteiger partial charge is 0.306 e. The van der Waals surface area contributed by atoms with Crippen molar-refractivity contribution in [3.63, 3.8) is 0 Å². The van der Waals surface area contributed by atoms with Gasteiger partial charge in [-0.3, -0.25) is 14.4 Å². The lowest BCUT2D eigenvalue weighted by atomic mass is 10.0. The van der Waals surface area contributed by atoms with Gasteiger partial charge in [0.1, 0.15) is 13.2 Å². The van der Waals surface area contributed by atoms with Crippen molar-refractivity contribution in [2.75, 3.05) is 13.2 Å². The Morgan fingerprint density at radius 3 is 0.488 bits per heavy atom. The van der Waals surface area contributed by atoms with Gasteiger partial charge in [-0.2, -0.15) is 0 Å². The van der Waals surface area contributed by atoms with Crippen molar-refractivity contribution < 1.29 is 28.6 Å². The number of carbonyl (C=O) groups is 3. The van der Waals surface area contributed by atoms with E-state index in [1.54, 1.807) is 0 Å². The first-order valence-electron chi connectivity index (χ1n) is 38.0. The van der Waals surface area contributed by atoms with E-state index in [0.717, 1.165) is 57.8 Å². The largest absolute Gasteiger partial charge is 0.462 e. The van der Waals surface area contributed by atoms with Crippen LogP contribution in [0.5, 0.6) is 0 Å². The Morgan fingerprint density at radius 1 is 0.195 bits per heavy atom. The van der Waals surface area contributed by atoms with E-state index in [1.165, 1.54) is 353 Å². The van der Waals surface area contributed by atoms with Crippen molar-refractivity contribution in [1.29, 1.82) is 0 Å². The van der Waals surface area contributed by atoms with E-state index >= 15 is 0 Å². The molecule has 0 fully saturated rings. The van der Waals surface area contributed by atoms with Crippen LogP contribution in [0.4, 0.5) is 0 Å². The van der Waals surface area contributed by atoms with E-state index in [9.17, 15) is 14.4 Å². The molecule has 82 heavy (non-hydrogen) atoms. The highest BCUT2D eigenvalue weighted by Crippen LogP contribution is 2.20. The number of hydrogen-bond donors (Lipinski definition) is 0. The number of carbonyl (C=O) groups excluding carboxylic acids is 3. The van der Waals surface area contributed by atoms with Crippen LogP contribution in [-0.2, 0) is 28.6 Å². The van der Waals surface area contributed by atoms with Gasteiger partial charge in [0.2, 0.25) is 0 Å². The molecule has 6 heteroatoms. The van der Waals surface area contributed by atoms with Gasteiger partial charge in [-0.1, -0.05) is 412 Å². The zero-order valence-electron chi connectivity index (χ0n) is 56.3. The molecule has 488 valence electrons. The van der Waals surface area contributed by atoms with Crippen LogP contribution in [0.15, 0.2) is 0 Å². The van der Waals surface area contributed by atoms with Crippen molar-refractivity contribution in [3.05, 3.63) is 0 Å². The molecule has 0 spiro atoms. The summed E-state index contributed by atoms with van der Waals surface area (Å²) in [5.74, 6) is -0.814. The molecule has 0 rings (SSSR count). The lowest BCUT2D eigenvalue weighted by Gasteiger charge is -2.18. The summed E-state index contributed by atoms with van der Waals surface area (Å²) in [6.07, 6.45) is 85.8. The third-order valence-corrected chi connectivity index (χ3v) is 17.9. The molecule has 0 aromatic rings. The van der Waals surface area contributed by atoms with Crippen molar-refractivity contribution in [2.24, 2.45) is 0 Å². The molecule has 0 aliphatic rings. The van der Waals surface area contributed by atoms with E-state index in [0.29, 0.717) is 19.3 Å². The van der Waals surface area contributed by atoms with Crippen LogP contribution in [-0.4, -0.2) is 37.2 Å². The summed E-state index contributed by atoms with van der Waals surface area (Å²) in [6, 6.07) is 0. The van der Waals surface area contributed by atoms with Crippen molar-refractivity contribution in [1.82, 2.24) is 0 Å². The zero-order valence-corrected chi connectivity index (χ0v) is 56.3. The molecular formula is C76H148O6. The van der Waals surface area contributed by atoms with E-state index in [2.05, 4.69) is 20.8 Å². The van der Waals surface area contributed by atoms with E-state index in [4.69, 9.17) is 14.2 Å².